The number of carbonyl (C=O) groups excluding carboxylic acids is 2. The minimum atomic E-state index is -0.0958. The Morgan fingerprint density at radius 1 is 0.966 bits per heavy atom. The zero-order chi connectivity index (χ0) is 19.8. The Bertz CT molecular complexity index is 723. The van der Waals surface area contributed by atoms with Gasteiger partial charge in [-0.3, -0.25) is 4.79 Å². The Labute approximate surface area is 173 Å². The molecule has 0 saturated heterocycles. The summed E-state index contributed by atoms with van der Waals surface area (Å²) in [4.78, 5) is 25.0. The van der Waals surface area contributed by atoms with Crippen molar-refractivity contribution in [2.45, 2.75) is 69.4 Å². The van der Waals surface area contributed by atoms with E-state index in [2.05, 4.69) is 28.1 Å². The third-order valence-corrected chi connectivity index (χ3v) is 7.62. The third kappa shape index (κ3) is 4.29. The lowest BCUT2D eigenvalue weighted by atomic mass is 9.53. The maximum absolute atomic E-state index is 12.5. The van der Waals surface area contributed by atoms with Gasteiger partial charge in [0.2, 0.25) is 5.91 Å². The van der Waals surface area contributed by atoms with E-state index in [1.165, 1.54) is 37.7 Å². The van der Waals surface area contributed by atoms with Crippen LogP contribution in [0.4, 0.5) is 4.79 Å². The van der Waals surface area contributed by atoms with Crippen molar-refractivity contribution in [2.75, 3.05) is 6.54 Å². The molecule has 5 nitrogen and oxygen atoms in total. The maximum atomic E-state index is 12.5. The Kier molecular flexibility index (Phi) is 5.00. The van der Waals surface area contributed by atoms with Gasteiger partial charge in [-0.1, -0.05) is 30.3 Å². The Morgan fingerprint density at radius 2 is 1.59 bits per heavy atom. The Hall–Kier alpha value is -2.04. The molecule has 1 atom stereocenters. The molecule has 3 N–H and O–H groups in total. The first kappa shape index (κ1) is 19.0. The molecule has 1 aromatic rings. The van der Waals surface area contributed by atoms with Gasteiger partial charge in [0.25, 0.3) is 0 Å². The lowest BCUT2D eigenvalue weighted by Crippen LogP contribution is -2.61. The van der Waals surface area contributed by atoms with Crippen molar-refractivity contribution in [2.24, 2.45) is 23.7 Å². The van der Waals surface area contributed by atoms with Crippen LogP contribution in [0.25, 0.3) is 0 Å². The summed E-state index contributed by atoms with van der Waals surface area (Å²) in [5.74, 6) is 2.99. The first-order valence-electron chi connectivity index (χ1n) is 11.5. The zero-order valence-corrected chi connectivity index (χ0v) is 17.2. The SMILES string of the molecule is O=C(CCNC(=O)NC12CC3CC(CC(C3)C1)C2)NC(c1ccccc1)C1CC1. The van der Waals surface area contributed by atoms with Gasteiger partial charge in [-0.25, -0.2) is 4.79 Å². The summed E-state index contributed by atoms with van der Waals surface area (Å²) >= 11 is 0. The summed E-state index contributed by atoms with van der Waals surface area (Å²) in [6.07, 6.45) is 10.2. The molecule has 4 bridgehead atoms. The fourth-order valence-electron chi connectivity index (χ4n) is 6.65. The topological polar surface area (TPSA) is 70.2 Å². The van der Waals surface area contributed by atoms with Gasteiger partial charge < -0.3 is 16.0 Å². The first-order valence-corrected chi connectivity index (χ1v) is 11.5. The zero-order valence-electron chi connectivity index (χ0n) is 17.2. The molecule has 5 fully saturated rings. The van der Waals surface area contributed by atoms with E-state index in [1.54, 1.807) is 0 Å². The van der Waals surface area contributed by atoms with Gasteiger partial charge >= 0.3 is 6.03 Å². The van der Waals surface area contributed by atoms with E-state index in [1.807, 2.05) is 18.2 Å². The van der Waals surface area contributed by atoms with Gasteiger partial charge in [0.1, 0.15) is 0 Å². The number of benzene rings is 1. The molecule has 0 heterocycles. The van der Waals surface area contributed by atoms with Crippen LogP contribution in [-0.4, -0.2) is 24.0 Å². The molecule has 6 rings (SSSR count). The van der Waals surface area contributed by atoms with Crippen LogP contribution in [0.15, 0.2) is 30.3 Å². The molecule has 0 spiro atoms. The molecular formula is C24H33N3O2. The van der Waals surface area contributed by atoms with Crippen LogP contribution in [0, 0.1) is 23.7 Å². The smallest absolute Gasteiger partial charge is 0.315 e. The average molecular weight is 396 g/mol. The standard InChI is InChI=1S/C24H33N3O2/c28-21(26-22(20-6-7-20)19-4-2-1-3-5-19)8-9-25-23(29)27-24-13-16-10-17(14-24)12-18(11-16)15-24/h1-5,16-18,20,22H,6-15H2,(H,26,28)(H2,25,27,29). The van der Waals surface area contributed by atoms with Crippen molar-refractivity contribution < 1.29 is 9.59 Å². The quantitative estimate of drug-likeness (QED) is 0.655. The van der Waals surface area contributed by atoms with Crippen LogP contribution in [-0.2, 0) is 4.79 Å². The Morgan fingerprint density at radius 3 is 2.17 bits per heavy atom. The summed E-state index contributed by atoms with van der Waals surface area (Å²) in [6, 6.07) is 10.2. The fraction of sp³-hybridized carbons (Fsp3) is 0.667. The van der Waals surface area contributed by atoms with Crippen LogP contribution in [0.3, 0.4) is 0 Å². The summed E-state index contributed by atoms with van der Waals surface area (Å²) in [5, 5.41) is 9.43. The molecule has 29 heavy (non-hydrogen) atoms. The van der Waals surface area contributed by atoms with Crippen LogP contribution in [0.5, 0.6) is 0 Å². The van der Waals surface area contributed by atoms with E-state index in [0.717, 1.165) is 37.0 Å². The average Bonchev–Trinajstić information content (AvgIpc) is 3.50. The highest BCUT2D eigenvalue weighted by atomic mass is 16.2. The van der Waals surface area contributed by atoms with Gasteiger partial charge in [-0.2, -0.15) is 0 Å². The molecule has 156 valence electrons. The maximum Gasteiger partial charge on any atom is 0.315 e. The first-order chi connectivity index (χ1) is 14.1. The van der Waals surface area contributed by atoms with Crippen molar-refractivity contribution in [3.05, 3.63) is 35.9 Å². The number of rotatable bonds is 7. The van der Waals surface area contributed by atoms with Crippen molar-refractivity contribution >= 4 is 11.9 Å². The number of urea groups is 1. The van der Waals surface area contributed by atoms with Gasteiger partial charge in [0.15, 0.2) is 0 Å². The molecule has 5 saturated carbocycles. The van der Waals surface area contributed by atoms with Crippen molar-refractivity contribution in [1.82, 2.24) is 16.0 Å². The normalized spacial score (nSPS) is 33.2. The fourth-order valence-corrected chi connectivity index (χ4v) is 6.65. The summed E-state index contributed by atoms with van der Waals surface area (Å²) in [6.45, 7) is 0.385. The molecule has 0 radical (unpaired) electrons. The largest absolute Gasteiger partial charge is 0.349 e. The minimum absolute atomic E-state index is 0.0147. The second-order valence-electron chi connectivity index (χ2n) is 10.1. The minimum Gasteiger partial charge on any atom is -0.349 e. The third-order valence-electron chi connectivity index (χ3n) is 7.62. The van der Waals surface area contributed by atoms with Crippen molar-refractivity contribution in [3.63, 3.8) is 0 Å². The summed E-state index contributed by atoms with van der Waals surface area (Å²) in [7, 11) is 0. The lowest BCUT2D eigenvalue weighted by Gasteiger charge is -2.56. The predicted octanol–water partition coefficient (Wildman–Crippen LogP) is 3.91. The molecule has 0 aromatic heterocycles. The monoisotopic (exact) mass is 395 g/mol. The van der Waals surface area contributed by atoms with E-state index in [4.69, 9.17) is 0 Å². The van der Waals surface area contributed by atoms with Crippen LogP contribution in [0.2, 0.25) is 0 Å². The van der Waals surface area contributed by atoms with Gasteiger partial charge in [0.05, 0.1) is 6.04 Å². The molecule has 5 heteroatoms. The molecule has 3 amide bonds. The molecule has 5 aliphatic carbocycles. The number of hydrogen-bond donors (Lipinski definition) is 3. The molecule has 1 unspecified atom stereocenters. The number of hydrogen-bond acceptors (Lipinski definition) is 2. The molecule has 5 aliphatic rings. The number of carbonyl (C=O) groups is 2. The van der Waals surface area contributed by atoms with E-state index in [9.17, 15) is 9.59 Å². The van der Waals surface area contributed by atoms with Gasteiger partial charge in [0, 0.05) is 18.5 Å². The highest BCUT2D eigenvalue weighted by molar-refractivity contribution is 5.79. The summed E-state index contributed by atoms with van der Waals surface area (Å²) in [5.41, 5.74) is 1.20. The Balaban J connectivity index is 1.08. The van der Waals surface area contributed by atoms with Crippen molar-refractivity contribution in [1.29, 1.82) is 0 Å². The van der Waals surface area contributed by atoms with Crippen LogP contribution >= 0.6 is 0 Å². The summed E-state index contributed by atoms with van der Waals surface area (Å²) < 4.78 is 0. The molecule has 1 aromatic carbocycles. The van der Waals surface area contributed by atoms with E-state index < -0.39 is 0 Å². The molecular weight excluding hydrogens is 362 g/mol. The van der Waals surface area contributed by atoms with Gasteiger partial charge in [-0.15, -0.1) is 0 Å². The van der Waals surface area contributed by atoms with Crippen molar-refractivity contribution in [3.8, 4) is 0 Å². The highest BCUT2D eigenvalue weighted by Crippen LogP contribution is 2.55. The van der Waals surface area contributed by atoms with E-state index in [0.29, 0.717) is 18.9 Å². The van der Waals surface area contributed by atoms with E-state index >= 15 is 0 Å². The number of amides is 3. The van der Waals surface area contributed by atoms with E-state index in [-0.39, 0.29) is 23.5 Å². The van der Waals surface area contributed by atoms with Crippen LogP contribution in [0.1, 0.15) is 69.4 Å². The molecule has 0 aliphatic heterocycles. The lowest BCUT2D eigenvalue weighted by molar-refractivity contribution is -0.121. The van der Waals surface area contributed by atoms with Crippen LogP contribution < -0.4 is 16.0 Å². The highest BCUT2D eigenvalue weighted by Gasteiger charge is 2.51. The second-order valence-corrected chi connectivity index (χ2v) is 10.1. The van der Waals surface area contributed by atoms with Gasteiger partial charge in [-0.05, 0) is 80.6 Å². The predicted molar refractivity (Wildman–Crippen MR) is 112 cm³/mol. The number of nitrogens with one attached hydrogen (secondary N) is 3. The second kappa shape index (κ2) is 7.66.